The molecule has 0 aliphatic carbocycles. The number of amides is 1. The quantitative estimate of drug-likeness (QED) is 0.705. The lowest BCUT2D eigenvalue weighted by molar-refractivity contribution is 0.102. The van der Waals surface area contributed by atoms with Gasteiger partial charge in [0.05, 0.1) is 26.0 Å². The fraction of sp³-hybridized carbons (Fsp3) is 0.238. The highest BCUT2D eigenvalue weighted by molar-refractivity contribution is 6.06. The average Bonchev–Trinajstić information content (AvgIpc) is 2.67. The van der Waals surface area contributed by atoms with Crippen LogP contribution in [0.3, 0.4) is 0 Å². The van der Waals surface area contributed by atoms with Crippen molar-refractivity contribution in [3.63, 3.8) is 0 Å². The fourth-order valence-electron chi connectivity index (χ4n) is 2.72. The summed E-state index contributed by atoms with van der Waals surface area (Å²) in [5.41, 5.74) is 0.769. The third kappa shape index (κ3) is 4.11. The van der Waals surface area contributed by atoms with E-state index in [9.17, 15) is 4.79 Å². The van der Waals surface area contributed by atoms with E-state index in [4.69, 9.17) is 14.2 Å². The van der Waals surface area contributed by atoms with Crippen molar-refractivity contribution in [2.75, 3.05) is 19.5 Å². The fourth-order valence-corrected chi connectivity index (χ4v) is 2.72. The zero-order valence-corrected chi connectivity index (χ0v) is 15.8. The summed E-state index contributed by atoms with van der Waals surface area (Å²) in [6.45, 7) is 3.84. The van der Waals surface area contributed by atoms with E-state index >= 15 is 0 Å². The summed E-state index contributed by atoms with van der Waals surface area (Å²) in [6, 6.07) is 14.6. The molecule has 0 aliphatic rings. The number of methoxy groups -OCH3 is 2. The molecule has 0 fully saturated rings. The van der Waals surface area contributed by atoms with Crippen molar-refractivity contribution in [1.29, 1.82) is 0 Å². The number of ether oxygens (including phenoxy) is 3. The molecule has 0 bridgehead atoms. The molecular formula is C21H22N2O4. The lowest BCUT2D eigenvalue weighted by atomic mass is 10.1. The first-order valence-corrected chi connectivity index (χ1v) is 8.61. The van der Waals surface area contributed by atoms with Crippen LogP contribution >= 0.6 is 0 Å². The van der Waals surface area contributed by atoms with Gasteiger partial charge in [0.15, 0.2) is 0 Å². The Hall–Kier alpha value is -3.28. The Morgan fingerprint density at radius 2 is 1.81 bits per heavy atom. The number of pyridine rings is 1. The van der Waals surface area contributed by atoms with Crippen LogP contribution in [0.25, 0.3) is 10.8 Å². The number of hydrogen-bond acceptors (Lipinski definition) is 5. The van der Waals surface area contributed by atoms with Gasteiger partial charge in [0, 0.05) is 11.5 Å². The Morgan fingerprint density at radius 3 is 2.52 bits per heavy atom. The molecular weight excluding hydrogens is 344 g/mol. The first-order valence-electron chi connectivity index (χ1n) is 8.61. The monoisotopic (exact) mass is 366 g/mol. The van der Waals surface area contributed by atoms with Gasteiger partial charge in [-0.2, -0.15) is 0 Å². The molecule has 0 radical (unpaired) electrons. The minimum absolute atomic E-state index is 0.0343. The molecule has 0 spiro atoms. The predicted octanol–water partition coefficient (Wildman–Crippen LogP) is 4.29. The van der Waals surface area contributed by atoms with Gasteiger partial charge in [0.2, 0.25) is 5.88 Å². The number of fused-ring (bicyclic) bond motifs is 1. The van der Waals surface area contributed by atoms with Crippen LogP contribution in [0, 0.1) is 0 Å². The van der Waals surface area contributed by atoms with Gasteiger partial charge >= 0.3 is 0 Å². The van der Waals surface area contributed by atoms with Crippen molar-refractivity contribution >= 4 is 22.4 Å². The lowest BCUT2D eigenvalue weighted by Crippen LogP contribution is -2.16. The molecule has 0 saturated carbocycles. The van der Waals surface area contributed by atoms with Crippen LogP contribution in [-0.2, 0) is 0 Å². The number of anilines is 1. The minimum atomic E-state index is -0.360. The minimum Gasteiger partial charge on any atom is -0.497 e. The number of carbonyl (C=O) groups is 1. The van der Waals surface area contributed by atoms with Gasteiger partial charge < -0.3 is 19.5 Å². The van der Waals surface area contributed by atoms with Crippen molar-refractivity contribution < 1.29 is 19.0 Å². The molecule has 27 heavy (non-hydrogen) atoms. The van der Waals surface area contributed by atoms with Crippen molar-refractivity contribution in [2.45, 2.75) is 20.0 Å². The normalized spacial score (nSPS) is 10.7. The van der Waals surface area contributed by atoms with Gasteiger partial charge in [0.1, 0.15) is 17.2 Å². The maximum atomic E-state index is 12.8. The summed E-state index contributed by atoms with van der Waals surface area (Å²) in [5.74, 6) is 1.22. The molecule has 1 amide bonds. The van der Waals surface area contributed by atoms with E-state index in [0.717, 1.165) is 10.8 Å². The number of hydrogen-bond donors (Lipinski definition) is 1. The van der Waals surface area contributed by atoms with E-state index in [1.807, 2.05) is 38.1 Å². The molecule has 0 atom stereocenters. The molecule has 0 saturated heterocycles. The first kappa shape index (κ1) is 18.5. The van der Waals surface area contributed by atoms with E-state index in [2.05, 4.69) is 10.3 Å². The van der Waals surface area contributed by atoms with Crippen LogP contribution in [0.15, 0.2) is 48.5 Å². The Morgan fingerprint density at radius 1 is 1.04 bits per heavy atom. The first-order chi connectivity index (χ1) is 13.0. The van der Waals surface area contributed by atoms with Crippen molar-refractivity contribution in [1.82, 2.24) is 4.98 Å². The number of nitrogens with one attached hydrogen (secondary N) is 1. The summed E-state index contributed by atoms with van der Waals surface area (Å²) in [5, 5.41) is 4.58. The third-order valence-electron chi connectivity index (χ3n) is 3.93. The van der Waals surface area contributed by atoms with Crippen molar-refractivity contribution in [2.24, 2.45) is 0 Å². The van der Waals surface area contributed by atoms with Gasteiger partial charge in [-0.3, -0.25) is 4.79 Å². The highest BCUT2D eigenvalue weighted by Crippen LogP contribution is 2.31. The average molecular weight is 366 g/mol. The lowest BCUT2D eigenvalue weighted by Gasteiger charge is -2.16. The van der Waals surface area contributed by atoms with Crippen LogP contribution in [0.1, 0.15) is 24.3 Å². The summed E-state index contributed by atoms with van der Waals surface area (Å²) in [6.07, 6.45) is -0.0343. The Bertz CT molecular complexity index is 970. The molecule has 3 aromatic rings. The van der Waals surface area contributed by atoms with E-state index < -0.39 is 0 Å². The van der Waals surface area contributed by atoms with Crippen LogP contribution in [0.2, 0.25) is 0 Å². The van der Waals surface area contributed by atoms with Gasteiger partial charge in [0.25, 0.3) is 5.91 Å². The van der Waals surface area contributed by atoms with Gasteiger partial charge in [-0.1, -0.05) is 18.2 Å². The zero-order chi connectivity index (χ0) is 19.4. The van der Waals surface area contributed by atoms with Crippen LogP contribution in [0.5, 0.6) is 17.4 Å². The maximum absolute atomic E-state index is 12.8. The van der Waals surface area contributed by atoms with E-state index in [1.54, 1.807) is 31.4 Å². The second kappa shape index (κ2) is 7.95. The summed E-state index contributed by atoms with van der Waals surface area (Å²) >= 11 is 0. The van der Waals surface area contributed by atoms with Gasteiger partial charge in [-0.25, -0.2) is 4.98 Å². The largest absolute Gasteiger partial charge is 0.497 e. The van der Waals surface area contributed by atoms with Crippen molar-refractivity contribution in [3.05, 3.63) is 54.2 Å². The summed E-state index contributed by atoms with van der Waals surface area (Å²) in [7, 11) is 3.10. The van der Waals surface area contributed by atoms with Crippen LogP contribution in [0.4, 0.5) is 5.69 Å². The number of aromatic nitrogens is 1. The molecule has 1 heterocycles. The number of benzene rings is 2. The summed E-state index contributed by atoms with van der Waals surface area (Å²) < 4.78 is 16.4. The van der Waals surface area contributed by atoms with Gasteiger partial charge in [-0.05, 0) is 43.5 Å². The highest BCUT2D eigenvalue weighted by Gasteiger charge is 2.16. The molecule has 0 aliphatic heterocycles. The Labute approximate surface area is 158 Å². The molecule has 140 valence electrons. The van der Waals surface area contributed by atoms with Crippen molar-refractivity contribution in [3.8, 4) is 17.4 Å². The number of nitrogens with zero attached hydrogens (tertiary/aromatic N) is 1. The Balaban J connectivity index is 1.96. The second-order valence-corrected chi connectivity index (χ2v) is 6.22. The van der Waals surface area contributed by atoms with Crippen LogP contribution < -0.4 is 19.5 Å². The summed E-state index contributed by atoms with van der Waals surface area (Å²) in [4.78, 5) is 17.2. The number of rotatable bonds is 6. The standard InChI is InChI=1S/C21H22N2O4/c1-13(2)27-19-10-9-15(25-3)12-17(19)22-20(24)18-11-14-7-5-6-8-16(14)21(23-18)26-4/h5-13H,1-4H3,(H,22,24). The van der Waals surface area contributed by atoms with Crippen LogP contribution in [-0.4, -0.2) is 31.2 Å². The van der Waals surface area contributed by atoms with E-state index in [1.165, 1.54) is 7.11 Å². The molecule has 6 heteroatoms. The van der Waals surface area contributed by atoms with E-state index in [0.29, 0.717) is 23.1 Å². The number of carbonyl (C=O) groups excluding carboxylic acids is 1. The SMILES string of the molecule is COc1ccc(OC(C)C)c(NC(=O)c2cc3ccccc3c(OC)n2)c1. The smallest absolute Gasteiger partial charge is 0.274 e. The predicted molar refractivity (Wildman–Crippen MR) is 105 cm³/mol. The molecule has 1 aromatic heterocycles. The highest BCUT2D eigenvalue weighted by atomic mass is 16.5. The van der Waals surface area contributed by atoms with Gasteiger partial charge in [-0.15, -0.1) is 0 Å². The second-order valence-electron chi connectivity index (χ2n) is 6.22. The molecule has 2 aromatic carbocycles. The van der Waals surface area contributed by atoms with E-state index in [-0.39, 0.29) is 17.7 Å². The molecule has 0 unspecified atom stereocenters. The molecule has 6 nitrogen and oxygen atoms in total. The maximum Gasteiger partial charge on any atom is 0.274 e. The topological polar surface area (TPSA) is 69.7 Å². The molecule has 1 N–H and O–H groups in total. The molecule has 3 rings (SSSR count). The third-order valence-corrected chi connectivity index (χ3v) is 3.93. The zero-order valence-electron chi connectivity index (χ0n) is 15.8. The Kier molecular flexibility index (Phi) is 5.45.